The van der Waals surface area contributed by atoms with Crippen molar-refractivity contribution >= 4 is 29.4 Å². The smallest absolute Gasteiger partial charge is 0.312 e. The fourth-order valence-electron chi connectivity index (χ4n) is 7.20. The predicted molar refractivity (Wildman–Crippen MR) is 186 cm³/mol. The highest BCUT2D eigenvalue weighted by molar-refractivity contribution is 5.98. The molecule has 0 radical (unpaired) electrons. The van der Waals surface area contributed by atoms with Crippen molar-refractivity contribution in [2.24, 2.45) is 16.4 Å². The van der Waals surface area contributed by atoms with Gasteiger partial charge in [0.05, 0.1) is 17.9 Å². The Kier molecular flexibility index (Phi) is 9.72. The Morgan fingerprint density at radius 1 is 0.979 bits per heavy atom. The Morgan fingerprint density at radius 3 is 2.33 bits per heavy atom. The number of hydrazone groups is 1. The largest absolute Gasteiger partial charge is 0.466 e. The molecule has 1 N–H and O–H groups in total. The van der Waals surface area contributed by atoms with Gasteiger partial charge >= 0.3 is 5.97 Å². The van der Waals surface area contributed by atoms with Crippen LogP contribution >= 0.6 is 0 Å². The maximum atomic E-state index is 14.1. The van der Waals surface area contributed by atoms with Crippen LogP contribution in [0.4, 0.5) is 5.69 Å². The fraction of sp³-hybridized carbons (Fsp3) is 0.450. The van der Waals surface area contributed by atoms with E-state index in [1.165, 1.54) is 5.01 Å². The lowest BCUT2D eigenvalue weighted by atomic mass is 9.65. The van der Waals surface area contributed by atoms with E-state index in [0.29, 0.717) is 18.9 Å². The van der Waals surface area contributed by atoms with Crippen molar-refractivity contribution < 1.29 is 23.9 Å². The summed E-state index contributed by atoms with van der Waals surface area (Å²) in [6.45, 7) is 8.02. The van der Waals surface area contributed by atoms with E-state index in [2.05, 4.69) is 16.5 Å². The average Bonchev–Trinajstić information content (AvgIpc) is 3.56. The van der Waals surface area contributed by atoms with Gasteiger partial charge in [-0.25, -0.2) is 5.01 Å². The molecule has 0 bridgehead atoms. The molecule has 3 aliphatic rings. The number of hydrogen-bond acceptors (Lipinski definition) is 6. The lowest BCUT2D eigenvalue weighted by Gasteiger charge is -2.41. The van der Waals surface area contributed by atoms with E-state index in [1.54, 1.807) is 0 Å². The zero-order valence-electron chi connectivity index (χ0n) is 28.6. The van der Waals surface area contributed by atoms with Crippen molar-refractivity contribution in [2.75, 3.05) is 11.9 Å². The second-order valence-corrected chi connectivity index (χ2v) is 14.7. The van der Waals surface area contributed by atoms with E-state index < -0.39 is 11.0 Å². The number of nitrogens with zero attached hydrogens (tertiary/aromatic N) is 2. The lowest BCUT2D eigenvalue weighted by Crippen LogP contribution is -2.44. The van der Waals surface area contributed by atoms with Gasteiger partial charge in [0.15, 0.2) is 6.61 Å². The van der Waals surface area contributed by atoms with Crippen LogP contribution in [0.3, 0.4) is 0 Å². The first kappa shape index (κ1) is 33.4. The molecule has 1 heterocycles. The van der Waals surface area contributed by atoms with Crippen LogP contribution < -0.4 is 5.32 Å². The number of esters is 1. The van der Waals surface area contributed by atoms with E-state index in [1.807, 2.05) is 94.4 Å². The molecule has 0 unspecified atom stereocenters. The molecule has 0 aromatic heterocycles. The van der Waals surface area contributed by atoms with E-state index in [9.17, 15) is 14.4 Å². The molecule has 2 saturated carbocycles. The highest BCUT2D eigenvalue weighted by atomic mass is 16.6. The highest BCUT2D eigenvalue weighted by Gasteiger charge is 2.47. The molecule has 8 heteroatoms. The highest BCUT2D eigenvalue weighted by Crippen LogP contribution is 2.46. The molecular formula is C40H47N3O5. The first-order valence-corrected chi connectivity index (χ1v) is 17.3. The predicted octanol–water partition coefficient (Wildman–Crippen LogP) is 7.68. The van der Waals surface area contributed by atoms with Crippen LogP contribution in [0.5, 0.6) is 0 Å². The Labute approximate surface area is 283 Å². The second-order valence-electron chi connectivity index (χ2n) is 14.7. The van der Waals surface area contributed by atoms with Crippen molar-refractivity contribution in [3.8, 4) is 0 Å². The third-order valence-corrected chi connectivity index (χ3v) is 10.1. The van der Waals surface area contributed by atoms with Crippen LogP contribution in [0.2, 0.25) is 0 Å². The van der Waals surface area contributed by atoms with E-state index in [-0.39, 0.29) is 36.2 Å². The second kappa shape index (κ2) is 14.0. The zero-order chi connectivity index (χ0) is 33.9. The van der Waals surface area contributed by atoms with Crippen LogP contribution in [0.25, 0.3) is 0 Å². The standard InChI is InChI=1S/C40H47N3O5/c1-27-32(24-40(22-11-23-40)38(46)48-39(2,3)4)16-10-17-33(27)41-36(45)35(29-12-8-9-13-29)30-20-18-28(19-21-30)25-43-34(44)26-47-37(42-43)31-14-6-5-7-15-31/h5-7,10,14-21,29,35H,8-9,11-13,22-26H2,1-4H3,(H,41,45)/t35-/m0/s1. The number of nitrogens with one attached hydrogen (secondary N) is 1. The summed E-state index contributed by atoms with van der Waals surface area (Å²) in [4.78, 5) is 40.0. The molecule has 2 aliphatic carbocycles. The normalized spacial score (nSPS) is 18.4. The van der Waals surface area contributed by atoms with Crippen molar-refractivity contribution in [1.29, 1.82) is 0 Å². The summed E-state index contributed by atoms with van der Waals surface area (Å²) in [5.41, 5.74) is 4.53. The molecule has 1 atom stereocenters. The molecule has 252 valence electrons. The third-order valence-electron chi connectivity index (χ3n) is 10.1. The molecule has 0 spiro atoms. The van der Waals surface area contributed by atoms with Gasteiger partial charge in [-0.15, -0.1) is 5.10 Å². The number of ether oxygens (including phenoxy) is 2. The van der Waals surface area contributed by atoms with Gasteiger partial charge in [-0.3, -0.25) is 14.4 Å². The van der Waals surface area contributed by atoms with Gasteiger partial charge in [0, 0.05) is 11.3 Å². The molecular weight excluding hydrogens is 602 g/mol. The minimum absolute atomic E-state index is 0.0131. The van der Waals surface area contributed by atoms with Crippen LogP contribution in [-0.2, 0) is 36.8 Å². The topological polar surface area (TPSA) is 97.3 Å². The summed E-state index contributed by atoms with van der Waals surface area (Å²) in [7, 11) is 0. The molecule has 1 aliphatic heterocycles. The molecule has 6 rings (SSSR count). The fourth-order valence-corrected chi connectivity index (χ4v) is 7.20. The van der Waals surface area contributed by atoms with Gasteiger partial charge in [0.25, 0.3) is 5.91 Å². The Hall–Kier alpha value is -4.46. The summed E-state index contributed by atoms with van der Waals surface area (Å²) in [6, 6.07) is 23.6. The quantitative estimate of drug-likeness (QED) is 0.227. The molecule has 48 heavy (non-hydrogen) atoms. The molecule has 2 amide bonds. The van der Waals surface area contributed by atoms with Crippen LogP contribution in [0.1, 0.15) is 99.5 Å². The van der Waals surface area contributed by atoms with Gasteiger partial charge < -0.3 is 14.8 Å². The molecule has 8 nitrogen and oxygen atoms in total. The summed E-state index contributed by atoms with van der Waals surface area (Å²) in [5, 5.41) is 9.22. The van der Waals surface area contributed by atoms with Gasteiger partial charge in [0.2, 0.25) is 11.8 Å². The van der Waals surface area contributed by atoms with Gasteiger partial charge in [0.1, 0.15) is 5.60 Å². The minimum atomic E-state index is -0.530. The average molecular weight is 650 g/mol. The lowest BCUT2D eigenvalue weighted by molar-refractivity contribution is -0.173. The number of carbonyl (C=O) groups is 3. The first-order valence-electron chi connectivity index (χ1n) is 17.3. The maximum absolute atomic E-state index is 14.1. The van der Waals surface area contributed by atoms with E-state index in [0.717, 1.165) is 78.5 Å². The maximum Gasteiger partial charge on any atom is 0.312 e. The number of amides is 2. The Bertz CT molecular complexity index is 1670. The van der Waals surface area contributed by atoms with Gasteiger partial charge in [-0.2, -0.15) is 0 Å². The van der Waals surface area contributed by atoms with Gasteiger partial charge in [-0.1, -0.05) is 73.9 Å². The van der Waals surface area contributed by atoms with Crippen molar-refractivity contribution in [2.45, 2.75) is 97.1 Å². The number of benzene rings is 3. The number of rotatable bonds is 10. The Morgan fingerprint density at radius 2 is 1.69 bits per heavy atom. The number of anilines is 1. The summed E-state index contributed by atoms with van der Waals surface area (Å²) in [5.74, 6) is 0.0496. The summed E-state index contributed by atoms with van der Waals surface area (Å²) in [6.07, 6.45) is 7.51. The molecule has 2 fully saturated rings. The van der Waals surface area contributed by atoms with E-state index >= 15 is 0 Å². The van der Waals surface area contributed by atoms with Crippen molar-refractivity contribution in [3.05, 3.63) is 101 Å². The number of carbonyl (C=O) groups excluding carboxylic acids is 3. The monoisotopic (exact) mass is 649 g/mol. The first-order chi connectivity index (χ1) is 23.0. The van der Waals surface area contributed by atoms with Crippen molar-refractivity contribution in [1.82, 2.24) is 5.01 Å². The van der Waals surface area contributed by atoms with E-state index in [4.69, 9.17) is 9.47 Å². The zero-order valence-corrected chi connectivity index (χ0v) is 28.6. The molecule has 0 saturated heterocycles. The van der Waals surface area contributed by atoms with Crippen molar-refractivity contribution in [3.63, 3.8) is 0 Å². The van der Waals surface area contributed by atoms with Crippen LogP contribution in [-0.4, -0.2) is 40.9 Å². The molecule has 3 aromatic carbocycles. The summed E-state index contributed by atoms with van der Waals surface area (Å²) < 4.78 is 11.4. The minimum Gasteiger partial charge on any atom is -0.466 e. The summed E-state index contributed by atoms with van der Waals surface area (Å²) >= 11 is 0. The van der Waals surface area contributed by atoms with Crippen LogP contribution in [0, 0.1) is 18.3 Å². The van der Waals surface area contributed by atoms with Gasteiger partial charge in [-0.05, 0) is 106 Å². The van der Waals surface area contributed by atoms with Crippen LogP contribution in [0.15, 0.2) is 77.9 Å². The molecule has 3 aromatic rings. The third kappa shape index (κ3) is 7.48. The Balaban J connectivity index is 1.18. The number of hydrogen-bond donors (Lipinski definition) is 1. The SMILES string of the molecule is Cc1c(CC2(C(=O)OC(C)(C)C)CCC2)cccc1NC(=O)[C@H](c1ccc(CN2N=C(c3ccccc3)OCC2=O)cc1)C1CCCC1.